The second-order valence-corrected chi connectivity index (χ2v) is 8.40. The Morgan fingerprint density at radius 3 is 2.44 bits per heavy atom. The quantitative estimate of drug-likeness (QED) is 0.623. The lowest BCUT2D eigenvalue weighted by molar-refractivity contribution is -0.131. The van der Waals surface area contributed by atoms with Crippen molar-refractivity contribution in [2.45, 2.75) is 26.8 Å². The summed E-state index contributed by atoms with van der Waals surface area (Å²) < 4.78 is 5.57. The molecule has 2 aromatic carbocycles. The Morgan fingerprint density at radius 2 is 1.74 bits per heavy atom. The predicted molar refractivity (Wildman–Crippen MR) is 130 cm³/mol. The molecule has 2 heterocycles. The number of aryl methyl sites for hydroxylation is 2. The minimum absolute atomic E-state index is 0.00774. The Kier molecular flexibility index (Phi) is 6.77. The Hall–Kier alpha value is -3.94. The summed E-state index contributed by atoms with van der Waals surface area (Å²) in [7, 11) is 1.61. The number of carbonyl (C=O) groups excluding carboxylic acids is 2. The van der Waals surface area contributed by atoms with Crippen LogP contribution in [0.3, 0.4) is 0 Å². The van der Waals surface area contributed by atoms with E-state index in [2.05, 4.69) is 15.3 Å². The molecular formula is C26H29N5O3. The lowest BCUT2D eigenvalue weighted by atomic mass is 9.99. The topological polar surface area (TPSA) is 87.7 Å². The summed E-state index contributed by atoms with van der Waals surface area (Å²) >= 11 is 0. The average molecular weight is 460 g/mol. The van der Waals surface area contributed by atoms with Gasteiger partial charge < -0.3 is 19.9 Å². The zero-order chi connectivity index (χ0) is 24.2. The number of ether oxygens (including phenoxy) is 1. The fraction of sp³-hybridized carbons (Fsp3) is 0.308. The number of aromatic nitrogens is 2. The lowest BCUT2D eigenvalue weighted by Crippen LogP contribution is -2.52. The van der Waals surface area contributed by atoms with Crippen LogP contribution in [0.1, 0.15) is 40.3 Å². The van der Waals surface area contributed by atoms with E-state index in [9.17, 15) is 9.59 Å². The van der Waals surface area contributed by atoms with Crippen LogP contribution < -0.4 is 10.1 Å². The molecule has 0 bridgehead atoms. The van der Waals surface area contributed by atoms with Crippen LogP contribution in [0, 0.1) is 13.8 Å². The van der Waals surface area contributed by atoms with Crippen molar-refractivity contribution in [1.29, 1.82) is 0 Å². The highest BCUT2D eigenvalue weighted by Crippen LogP contribution is 2.33. The van der Waals surface area contributed by atoms with Gasteiger partial charge in [0.05, 0.1) is 13.2 Å². The molecule has 34 heavy (non-hydrogen) atoms. The molecule has 1 aliphatic rings. The highest BCUT2D eigenvalue weighted by Gasteiger charge is 2.34. The van der Waals surface area contributed by atoms with Crippen LogP contribution in [0.25, 0.3) is 0 Å². The first kappa shape index (κ1) is 23.2. The number of nitrogens with one attached hydrogen (secondary N) is 1. The molecule has 1 aliphatic heterocycles. The van der Waals surface area contributed by atoms with E-state index < -0.39 is 0 Å². The van der Waals surface area contributed by atoms with Gasteiger partial charge in [-0.05, 0) is 44.2 Å². The van der Waals surface area contributed by atoms with Crippen molar-refractivity contribution >= 4 is 23.5 Å². The number of anilines is 2. The smallest absolute Gasteiger partial charge is 0.254 e. The maximum atomic E-state index is 13.7. The highest BCUT2D eigenvalue weighted by molar-refractivity contribution is 5.96. The number of benzene rings is 2. The zero-order valence-corrected chi connectivity index (χ0v) is 19.9. The number of hydrogen-bond donors (Lipinski definition) is 1. The molecule has 8 heteroatoms. The summed E-state index contributed by atoms with van der Waals surface area (Å²) in [6, 6.07) is 16.5. The molecule has 1 aromatic heterocycles. The van der Waals surface area contributed by atoms with Crippen molar-refractivity contribution in [3.8, 4) is 5.75 Å². The van der Waals surface area contributed by atoms with Crippen LogP contribution in [-0.4, -0.2) is 58.3 Å². The molecule has 0 radical (unpaired) electrons. The molecule has 176 valence electrons. The van der Waals surface area contributed by atoms with Gasteiger partial charge in [0.15, 0.2) is 0 Å². The van der Waals surface area contributed by atoms with Gasteiger partial charge in [-0.2, -0.15) is 0 Å². The average Bonchev–Trinajstić information content (AvgIpc) is 2.82. The van der Waals surface area contributed by atoms with Crippen LogP contribution in [0.5, 0.6) is 5.75 Å². The number of hydrogen-bond acceptors (Lipinski definition) is 6. The van der Waals surface area contributed by atoms with E-state index in [1.54, 1.807) is 31.1 Å². The molecule has 1 N–H and O–H groups in total. The Balaban J connectivity index is 1.63. The summed E-state index contributed by atoms with van der Waals surface area (Å²) in [4.78, 5) is 38.2. The lowest BCUT2D eigenvalue weighted by Gasteiger charge is -2.41. The van der Waals surface area contributed by atoms with Crippen LogP contribution in [0.4, 0.5) is 11.6 Å². The summed E-state index contributed by atoms with van der Waals surface area (Å²) in [6.07, 6.45) is 0. The maximum absolute atomic E-state index is 13.7. The molecule has 0 saturated carbocycles. The van der Waals surface area contributed by atoms with E-state index >= 15 is 0 Å². The van der Waals surface area contributed by atoms with E-state index in [0.29, 0.717) is 36.9 Å². The molecular weight excluding hydrogens is 430 g/mol. The summed E-state index contributed by atoms with van der Waals surface area (Å²) in [5.74, 6) is 1.07. The Labute approximate surface area is 199 Å². The second kappa shape index (κ2) is 9.91. The first-order chi connectivity index (χ1) is 16.4. The first-order valence-electron chi connectivity index (χ1n) is 11.2. The highest BCUT2D eigenvalue weighted by atomic mass is 16.5. The van der Waals surface area contributed by atoms with E-state index in [0.717, 1.165) is 22.6 Å². The molecule has 3 aromatic rings. The van der Waals surface area contributed by atoms with Crippen LogP contribution >= 0.6 is 0 Å². The Morgan fingerprint density at radius 1 is 1.00 bits per heavy atom. The second-order valence-electron chi connectivity index (χ2n) is 8.40. The Bertz CT molecular complexity index is 1190. The third-order valence-electron chi connectivity index (χ3n) is 5.93. The fourth-order valence-corrected chi connectivity index (χ4v) is 4.33. The van der Waals surface area contributed by atoms with E-state index in [-0.39, 0.29) is 17.9 Å². The molecule has 0 aliphatic carbocycles. The first-order valence-corrected chi connectivity index (χ1v) is 11.2. The SMILES string of the molecule is COc1ccccc1[C@H]1CN(C(C)=O)CCN1C(=O)c1cccc(Nc2nc(C)cc(C)n2)c1. The zero-order valence-electron chi connectivity index (χ0n) is 19.9. The van der Waals surface area contributed by atoms with Gasteiger partial charge in [-0.1, -0.05) is 24.3 Å². The number of piperazine rings is 1. The minimum Gasteiger partial charge on any atom is -0.496 e. The van der Waals surface area contributed by atoms with Gasteiger partial charge in [0.25, 0.3) is 5.91 Å². The summed E-state index contributed by atoms with van der Waals surface area (Å²) in [6.45, 7) is 6.72. The number of rotatable bonds is 5. The number of para-hydroxylation sites is 1. The van der Waals surface area contributed by atoms with Gasteiger partial charge in [0.1, 0.15) is 5.75 Å². The molecule has 4 rings (SSSR count). The third kappa shape index (κ3) is 5.01. The summed E-state index contributed by atoms with van der Waals surface area (Å²) in [5, 5.41) is 3.20. The number of methoxy groups -OCH3 is 1. The maximum Gasteiger partial charge on any atom is 0.254 e. The number of amides is 2. The molecule has 1 saturated heterocycles. The molecule has 8 nitrogen and oxygen atoms in total. The van der Waals surface area contributed by atoms with Crippen molar-refractivity contribution in [1.82, 2.24) is 19.8 Å². The van der Waals surface area contributed by atoms with Crippen molar-refractivity contribution in [2.75, 3.05) is 32.1 Å². The largest absolute Gasteiger partial charge is 0.496 e. The van der Waals surface area contributed by atoms with Crippen LogP contribution in [-0.2, 0) is 4.79 Å². The van der Waals surface area contributed by atoms with Gasteiger partial charge >= 0.3 is 0 Å². The molecule has 1 fully saturated rings. The van der Waals surface area contributed by atoms with Gasteiger partial charge in [-0.3, -0.25) is 9.59 Å². The molecule has 0 unspecified atom stereocenters. The van der Waals surface area contributed by atoms with Gasteiger partial charge in [-0.25, -0.2) is 9.97 Å². The van der Waals surface area contributed by atoms with Crippen LogP contribution in [0.2, 0.25) is 0 Å². The third-order valence-corrected chi connectivity index (χ3v) is 5.93. The van der Waals surface area contributed by atoms with Crippen molar-refractivity contribution in [3.05, 3.63) is 77.1 Å². The monoisotopic (exact) mass is 459 g/mol. The molecule has 2 amide bonds. The number of carbonyl (C=O) groups is 2. The summed E-state index contributed by atoms with van der Waals surface area (Å²) in [5.41, 5.74) is 3.88. The van der Waals surface area contributed by atoms with E-state index in [1.807, 2.05) is 61.2 Å². The predicted octanol–water partition coefficient (Wildman–Crippen LogP) is 3.89. The minimum atomic E-state index is -0.319. The van der Waals surface area contributed by atoms with Crippen molar-refractivity contribution in [3.63, 3.8) is 0 Å². The van der Waals surface area contributed by atoms with E-state index in [1.165, 1.54) is 0 Å². The van der Waals surface area contributed by atoms with Crippen LogP contribution in [0.15, 0.2) is 54.6 Å². The van der Waals surface area contributed by atoms with Gasteiger partial charge in [-0.15, -0.1) is 0 Å². The normalized spacial score (nSPS) is 15.7. The molecule has 1 atom stereocenters. The van der Waals surface area contributed by atoms with Gasteiger partial charge in [0, 0.05) is 54.8 Å². The van der Waals surface area contributed by atoms with Gasteiger partial charge in [0.2, 0.25) is 11.9 Å². The fourth-order valence-electron chi connectivity index (χ4n) is 4.33. The van der Waals surface area contributed by atoms with Crippen molar-refractivity contribution in [2.24, 2.45) is 0 Å². The van der Waals surface area contributed by atoms with Crippen molar-refractivity contribution < 1.29 is 14.3 Å². The molecule has 0 spiro atoms. The number of nitrogens with zero attached hydrogens (tertiary/aromatic N) is 4. The van der Waals surface area contributed by atoms with E-state index in [4.69, 9.17) is 4.74 Å². The standard InChI is InChI=1S/C26H29N5O3/c1-17-14-18(2)28-26(27-17)29-21-9-7-8-20(15-21)25(33)31-13-12-30(19(3)32)16-23(31)22-10-5-6-11-24(22)34-4/h5-11,14-15,23H,12-13,16H2,1-4H3,(H,27,28,29)/t23-/m1/s1.